The number of benzene rings is 2. The topological polar surface area (TPSA) is 146 Å². The van der Waals surface area contributed by atoms with Gasteiger partial charge >= 0.3 is 11.3 Å². The molecule has 4 aromatic rings. The zero-order valence-electron chi connectivity index (χ0n) is 21.8. The molecule has 0 aliphatic heterocycles. The van der Waals surface area contributed by atoms with Crippen molar-refractivity contribution >= 4 is 34.4 Å². The number of thioether (sulfide) groups is 1. The molecular formula is C27H32N4O7S2. The lowest BCUT2D eigenvalue weighted by Gasteiger charge is -2.00. The van der Waals surface area contributed by atoms with Gasteiger partial charge in [0.15, 0.2) is 0 Å². The SMILES string of the molecule is C.CC(=O)NCn1cc(-c2ccc(S(C)=O)cc2)c(=O)o1.CSc1ccc(-c2cn(CNC(C)=O)oc2=O)cc1. The summed E-state index contributed by atoms with van der Waals surface area (Å²) in [6.45, 7) is 3.03. The lowest BCUT2D eigenvalue weighted by molar-refractivity contribution is -0.120. The highest BCUT2D eigenvalue weighted by Crippen LogP contribution is 2.21. The molecule has 0 aliphatic rings. The van der Waals surface area contributed by atoms with Gasteiger partial charge < -0.3 is 19.7 Å². The zero-order chi connectivity index (χ0) is 28.5. The summed E-state index contributed by atoms with van der Waals surface area (Å²) < 4.78 is 23.9. The molecule has 2 aromatic heterocycles. The molecule has 2 amide bonds. The van der Waals surface area contributed by atoms with E-state index in [-0.39, 0.29) is 32.6 Å². The third kappa shape index (κ3) is 8.99. The van der Waals surface area contributed by atoms with Crippen LogP contribution in [0.3, 0.4) is 0 Å². The lowest BCUT2D eigenvalue weighted by atomic mass is 10.1. The van der Waals surface area contributed by atoms with Gasteiger partial charge in [-0.25, -0.2) is 9.59 Å². The Kier molecular flexibility index (Phi) is 12.0. The van der Waals surface area contributed by atoms with E-state index in [1.807, 2.05) is 30.5 Å². The fourth-order valence-corrected chi connectivity index (χ4v) is 4.20. The van der Waals surface area contributed by atoms with E-state index in [4.69, 9.17) is 9.05 Å². The monoisotopic (exact) mass is 588 g/mol. The second-order valence-corrected chi connectivity index (χ2v) is 10.4. The number of rotatable bonds is 8. The summed E-state index contributed by atoms with van der Waals surface area (Å²) in [4.78, 5) is 46.9. The minimum Gasteiger partial charge on any atom is -0.336 e. The maximum atomic E-state index is 11.7. The van der Waals surface area contributed by atoms with Crippen molar-refractivity contribution in [3.8, 4) is 22.3 Å². The fraction of sp³-hybridized carbons (Fsp3) is 0.259. The molecule has 0 saturated heterocycles. The van der Waals surface area contributed by atoms with Crippen LogP contribution in [0.2, 0.25) is 0 Å². The first-order valence-electron chi connectivity index (χ1n) is 11.6. The Labute approximate surface area is 237 Å². The van der Waals surface area contributed by atoms with Crippen molar-refractivity contribution in [2.24, 2.45) is 0 Å². The van der Waals surface area contributed by atoms with Crippen LogP contribution in [0.1, 0.15) is 21.3 Å². The molecule has 0 aliphatic carbocycles. The minimum absolute atomic E-state index is 0. The van der Waals surface area contributed by atoms with Crippen molar-refractivity contribution in [3.05, 3.63) is 81.8 Å². The lowest BCUT2D eigenvalue weighted by Crippen LogP contribution is -2.22. The molecule has 0 radical (unpaired) electrons. The summed E-state index contributed by atoms with van der Waals surface area (Å²) >= 11 is 1.64. The Morgan fingerprint density at radius 1 is 0.800 bits per heavy atom. The molecule has 11 nitrogen and oxygen atoms in total. The molecular weight excluding hydrogens is 556 g/mol. The highest BCUT2D eigenvalue weighted by molar-refractivity contribution is 7.98. The summed E-state index contributed by atoms with van der Waals surface area (Å²) in [6, 6.07) is 14.5. The van der Waals surface area contributed by atoms with Crippen LogP contribution in [0.4, 0.5) is 0 Å². The predicted molar refractivity (Wildman–Crippen MR) is 155 cm³/mol. The molecule has 214 valence electrons. The van der Waals surface area contributed by atoms with E-state index in [1.54, 1.807) is 48.5 Å². The Hall–Kier alpha value is -4.10. The number of aromatic nitrogens is 2. The number of hydrogen-bond donors (Lipinski definition) is 2. The second-order valence-electron chi connectivity index (χ2n) is 8.17. The van der Waals surface area contributed by atoms with Gasteiger partial charge in [0, 0.05) is 40.7 Å². The first-order chi connectivity index (χ1) is 18.6. The molecule has 4 rings (SSSR count). The minimum atomic E-state index is -1.06. The fourth-order valence-electron chi connectivity index (χ4n) is 3.27. The van der Waals surface area contributed by atoms with Crippen molar-refractivity contribution < 1.29 is 22.8 Å². The van der Waals surface area contributed by atoms with Gasteiger partial charge in [-0.2, -0.15) is 9.48 Å². The van der Waals surface area contributed by atoms with E-state index in [0.29, 0.717) is 21.6 Å². The first kappa shape index (κ1) is 32.1. The maximum absolute atomic E-state index is 11.7. The van der Waals surface area contributed by atoms with Crippen LogP contribution < -0.4 is 21.9 Å². The molecule has 1 unspecified atom stereocenters. The third-order valence-electron chi connectivity index (χ3n) is 5.25. The van der Waals surface area contributed by atoms with Gasteiger partial charge in [0.05, 0.1) is 23.5 Å². The average molecular weight is 589 g/mol. The highest BCUT2D eigenvalue weighted by atomic mass is 32.2. The molecule has 13 heteroatoms. The van der Waals surface area contributed by atoms with E-state index in [0.717, 1.165) is 10.5 Å². The van der Waals surface area contributed by atoms with Gasteiger partial charge in [0.25, 0.3) is 0 Å². The Balaban J connectivity index is 0.000000274. The Morgan fingerprint density at radius 3 is 1.55 bits per heavy atom. The van der Waals surface area contributed by atoms with E-state index < -0.39 is 22.1 Å². The molecule has 0 bridgehead atoms. The summed E-state index contributed by atoms with van der Waals surface area (Å²) in [7, 11) is -1.06. The molecule has 0 saturated carbocycles. The van der Waals surface area contributed by atoms with E-state index >= 15 is 0 Å². The number of hydrogen-bond acceptors (Lipinski definition) is 8. The molecule has 40 heavy (non-hydrogen) atoms. The number of amides is 2. The van der Waals surface area contributed by atoms with Crippen molar-refractivity contribution in [3.63, 3.8) is 0 Å². The second kappa shape index (κ2) is 14.9. The Morgan fingerprint density at radius 2 is 1.20 bits per heavy atom. The van der Waals surface area contributed by atoms with Gasteiger partial charge in [-0.15, -0.1) is 11.8 Å². The summed E-state index contributed by atoms with van der Waals surface area (Å²) in [5.74, 6) is -0.389. The zero-order valence-corrected chi connectivity index (χ0v) is 23.4. The molecule has 2 N–H and O–H groups in total. The van der Waals surface area contributed by atoms with Gasteiger partial charge in [0.2, 0.25) is 11.8 Å². The van der Waals surface area contributed by atoms with Crippen molar-refractivity contribution in [2.45, 2.75) is 44.4 Å². The standard InChI is InChI=1S/C13H14N2O4S.C13H14N2O3S.CH4/c1-9(16)14-8-15-7-12(13(17)19-15)10-3-5-11(6-4-10)20(2)18;1-9(16)14-8-15-7-12(13(17)18-15)10-3-5-11(19-2)6-4-10;/h3-7H,8H2,1-2H3,(H,14,16);3-7H,8H2,1-2H3,(H,14,16);1H4. The van der Waals surface area contributed by atoms with Gasteiger partial charge in [0.1, 0.15) is 13.3 Å². The van der Waals surface area contributed by atoms with Crippen LogP contribution in [0, 0.1) is 0 Å². The normalized spacial score (nSPS) is 11.0. The van der Waals surface area contributed by atoms with Crippen molar-refractivity contribution in [1.29, 1.82) is 0 Å². The van der Waals surface area contributed by atoms with Gasteiger partial charge in [-0.05, 0) is 41.6 Å². The van der Waals surface area contributed by atoms with Crippen LogP contribution in [0.25, 0.3) is 22.3 Å². The summed E-state index contributed by atoms with van der Waals surface area (Å²) in [6.07, 6.45) is 6.70. The van der Waals surface area contributed by atoms with Gasteiger partial charge in [-0.1, -0.05) is 31.7 Å². The smallest absolute Gasteiger partial charge is 0.336 e. The van der Waals surface area contributed by atoms with Crippen LogP contribution in [0.5, 0.6) is 0 Å². The summed E-state index contributed by atoms with van der Waals surface area (Å²) in [5.41, 5.74) is 1.45. The maximum Gasteiger partial charge on any atom is 0.365 e. The quantitative estimate of drug-likeness (QED) is 0.298. The van der Waals surface area contributed by atoms with Crippen LogP contribution >= 0.6 is 11.8 Å². The molecule has 0 spiro atoms. The van der Waals surface area contributed by atoms with E-state index in [1.165, 1.54) is 29.5 Å². The number of carbonyl (C=O) groups is 2. The largest absolute Gasteiger partial charge is 0.365 e. The Bertz CT molecular complexity index is 1570. The third-order valence-corrected chi connectivity index (χ3v) is 6.93. The van der Waals surface area contributed by atoms with Crippen LogP contribution in [-0.4, -0.2) is 38.0 Å². The number of carbonyl (C=O) groups excluding carboxylic acids is 2. The van der Waals surface area contributed by atoms with Crippen LogP contribution in [-0.2, 0) is 33.7 Å². The van der Waals surface area contributed by atoms with Crippen LogP contribution in [0.15, 0.2) is 89.4 Å². The first-order valence-corrected chi connectivity index (χ1v) is 14.3. The molecule has 2 heterocycles. The van der Waals surface area contributed by atoms with Crippen molar-refractivity contribution in [1.82, 2.24) is 20.1 Å². The van der Waals surface area contributed by atoms with E-state index in [2.05, 4.69) is 10.6 Å². The summed E-state index contributed by atoms with van der Waals surface area (Å²) in [5, 5.41) is 5.09. The average Bonchev–Trinajstić information content (AvgIpc) is 3.48. The molecule has 1 atom stereocenters. The number of nitrogens with one attached hydrogen (secondary N) is 2. The highest BCUT2D eigenvalue weighted by Gasteiger charge is 2.11. The molecule has 0 fully saturated rings. The van der Waals surface area contributed by atoms with E-state index in [9.17, 15) is 23.4 Å². The number of nitrogens with zero attached hydrogens (tertiary/aromatic N) is 2. The molecule has 2 aromatic carbocycles. The van der Waals surface area contributed by atoms with Crippen molar-refractivity contribution in [2.75, 3.05) is 12.5 Å². The van der Waals surface area contributed by atoms with Gasteiger partial charge in [-0.3, -0.25) is 13.8 Å². The predicted octanol–water partition coefficient (Wildman–Crippen LogP) is 3.50.